The number of thiocarbonyl (C=S) groups is 1. The van der Waals surface area contributed by atoms with Crippen molar-refractivity contribution >= 4 is 56.9 Å². The summed E-state index contributed by atoms with van der Waals surface area (Å²) in [5.74, 6) is 0.524. The summed E-state index contributed by atoms with van der Waals surface area (Å²) >= 11 is 13.1. The van der Waals surface area contributed by atoms with Gasteiger partial charge in [0.05, 0.1) is 32.0 Å². The molecule has 0 saturated heterocycles. The zero-order valence-electron chi connectivity index (χ0n) is 17.4. The molecular formula is C22H21ClN2O4S2. The highest BCUT2D eigenvalue weighted by molar-refractivity contribution is 7.80. The Bertz CT molecular complexity index is 1120. The number of thiophene rings is 1. The highest BCUT2D eigenvalue weighted by atomic mass is 35.5. The lowest BCUT2D eigenvalue weighted by molar-refractivity contribution is 0.0603. The van der Waals surface area contributed by atoms with Crippen molar-refractivity contribution in [3.05, 3.63) is 57.9 Å². The summed E-state index contributed by atoms with van der Waals surface area (Å²) in [5, 5.41) is 7.46. The number of benzene rings is 2. The molecule has 1 aromatic heterocycles. The van der Waals surface area contributed by atoms with Crippen LogP contribution in [0.25, 0.3) is 11.1 Å². The van der Waals surface area contributed by atoms with Crippen molar-refractivity contribution < 1.29 is 19.0 Å². The third kappa shape index (κ3) is 4.92. The summed E-state index contributed by atoms with van der Waals surface area (Å²) < 4.78 is 15.7. The van der Waals surface area contributed by atoms with Crippen molar-refractivity contribution in [3.8, 4) is 22.6 Å². The molecule has 0 atom stereocenters. The maximum Gasteiger partial charge on any atom is 0.341 e. The van der Waals surface area contributed by atoms with Crippen LogP contribution in [0.4, 0.5) is 10.7 Å². The molecule has 3 rings (SSSR count). The van der Waals surface area contributed by atoms with E-state index in [0.717, 1.165) is 16.0 Å². The number of esters is 1. The number of carbonyl (C=O) groups excluding carboxylic acids is 1. The monoisotopic (exact) mass is 476 g/mol. The molecule has 9 heteroatoms. The van der Waals surface area contributed by atoms with Crippen molar-refractivity contribution in [1.82, 2.24) is 0 Å². The number of methoxy groups -OCH3 is 3. The average Bonchev–Trinajstić information content (AvgIpc) is 3.09. The molecule has 3 aromatic rings. The summed E-state index contributed by atoms with van der Waals surface area (Å²) in [7, 11) is 4.41. The molecule has 0 fully saturated rings. The lowest BCUT2D eigenvalue weighted by atomic mass is 10.0. The van der Waals surface area contributed by atoms with Crippen LogP contribution in [0, 0.1) is 6.92 Å². The van der Waals surface area contributed by atoms with E-state index >= 15 is 0 Å². The molecule has 0 saturated carbocycles. The van der Waals surface area contributed by atoms with Crippen molar-refractivity contribution in [1.29, 1.82) is 0 Å². The predicted octanol–water partition coefficient (Wildman–Crippen LogP) is 5.99. The topological polar surface area (TPSA) is 68.8 Å². The lowest BCUT2D eigenvalue weighted by Crippen LogP contribution is -2.20. The average molecular weight is 477 g/mol. The SMILES string of the molecule is COC(=O)c1c(NC(=S)Nc2cc(OC)c(Cl)cc2OC)sc(C)c1-c1ccccc1. The second-order valence-electron chi connectivity index (χ2n) is 6.36. The minimum atomic E-state index is -0.445. The van der Waals surface area contributed by atoms with Crippen molar-refractivity contribution in [2.75, 3.05) is 32.0 Å². The summed E-state index contributed by atoms with van der Waals surface area (Å²) in [4.78, 5) is 13.6. The summed E-state index contributed by atoms with van der Waals surface area (Å²) in [6.45, 7) is 1.95. The van der Waals surface area contributed by atoms with Gasteiger partial charge in [-0.2, -0.15) is 0 Å². The van der Waals surface area contributed by atoms with Gasteiger partial charge in [0.25, 0.3) is 0 Å². The highest BCUT2D eigenvalue weighted by Gasteiger charge is 2.24. The number of hydrogen-bond acceptors (Lipinski definition) is 6. The highest BCUT2D eigenvalue weighted by Crippen LogP contribution is 2.41. The van der Waals surface area contributed by atoms with Crippen LogP contribution in [-0.2, 0) is 4.74 Å². The summed E-state index contributed by atoms with van der Waals surface area (Å²) in [5.41, 5.74) is 2.74. The summed E-state index contributed by atoms with van der Waals surface area (Å²) in [6.07, 6.45) is 0. The third-order valence-corrected chi connectivity index (χ3v) is 6.01. The fraction of sp³-hybridized carbons (Fsp3) is 0.182. The number of hydrogen-bond donors (Lipinski definition) is 2. The molecule has 0 aliphatic heterocycles. The number of aryl methyl sites for hydroxylation is 1. The normalized spacial score (nSPS) is 10.4. The minimum absolute atomic E-state index is 0.272. The van der Waals surface area contributed by atoms with Gasteiger partial charge in [-0.1, -0.05) is 41.9 Å². The van der Waals surface area contributed by atoms with Gasteiger partial charge in [0.15, 0.2) is 5.11 Å². The van der Waals surface area contributed by atoms with Crippen LogP contribution in [0.1, 0.15) is 15.2 Å². The van der Waals surface area contributed by atoms with Crippen LogP contribution in [0.15, 0.2) is 42.5 Å². The first-order valence-electron chi connectivity index (χ1n) is 9.16. The van der Waals surface area contributed by atoms with Gasteiger partial charge < -0.3 is 24.8 Å². The molecular weight excluding hydrogens is 456 g/mol. The Morgan fingerprint density at radius 1 is 1.03 bits per heavy atom. The van der Waals surface area contributed by atoms with Crippen LogP contribution in [0.2, 0.25) is 5.02 Å². The molecule has 31 heavy (non-hydrogen) atoms. The Labute approximate surface area is 195 Å². The number of carbonyl (C=O) groups is 1. The van der Waals surface area contributed by atoms with Crippen LogP contribution < -0.4 is 20.1 Å². The van der Waals surface area contributed by atoms with E-state index in [9.17, 15) is 4.79 Å². The fourth-order valence-corrected chi connectivity index (χ4v) is 4.67. The standard InChI is InChI=1S/C22H21ClN2O4S2/c1-12-18(13-8-6-5-7-9-13)19(21(26)29-4)20(31-12)25-22(30)24-15-11-16(27-2)14(23)10-17(15)28-3/h5-11H,1-4H3,(H2,24,25,30). The van der Waals surface area contributed by atoms with Crippen LogP contribution in [0.5, 0.6) is 11.5 Å². The van der Waals surface area contributed by atoms with Gasteiger partial charge in [-0.25, -0.2) is 4.79 Å². The van der Waals surface area contributed by atoms with Crippen LogP contribution in [-0.4, -0.2) is 32.4 Å². The Kier molecular flexibility index (Phi) is 7.37. The predicted molar refractivity (Wildman–Crippen MR) is 130 cm³/mol. The first-order valence-corrected chi connectivity index (χ1v) is 10.8. The number of nitrogens with one attached hydrogen (secondary N) is 2. The molecule has 2 N–H and O–H groups in total. The van der Waals surface area contributed by atoms with Crippen LogP contribution in [0.3, 0.4) is 0 Å². The van der Waals surface area contributed by atoms with E-state index < -0.39 is 5.97 Å². The molecule has 0 amide bonds. The number of halogens is 1. The first-order chi connectivity index (χ1) is 14.9. The van der Waals surface area contributed by atoms with Gasteiger partial charge in [0.1, 0.15) is 22.1 Å². The van der Waals surface area contributed by atoms with Crippen LogP contribution >= 0.6 is 35.2 Å². The van der Waals surface area contributed by atoms with Gasteiger partial charge in [0, 0.05) is 22.6 Å². The third-order valence-electron chi connectivity index (χ3n) is 4.49. The second kappa shape index (κ2) is 10.00. The molecule has 0 bridgehead atoms. The maximum atomic E-state index is 12.6. The van der Waals surface area contributed by atoms with Gasteiger partial charge in [0.2, 0.25) is 0 Å². The number of rotatable bonds is 6. The maximum absolute atomic E-state index is 12.6. The minimum Gasteiger partial charge on any atom is -0.495 e. The smallest absolute Gasteiger partial charge is 0.341 e. The number of anilines is 2. The molecule has 0 unspecified atom stereocenters. The first kappa shape index (κ1) is 22.9. The molecule has 0 spiro atoms. The van der Waals surface area contributed by atoms with Crippen molar-refractivity contribution in [2.45, 2.75) is 6.92 Å². The van der Waals surface area contributed by atoms with E-state index in [1.807, 2.05) is 37.3 Å². The molecule has 162 valence electrons. The van der Waals surface area contributed by atoms with E-state index in [4.69, 9.17) is 38.0 Å². The van der Waals surface area contributed by atoms with Gasteiger partial charge in [-0.05, 0) is 24.7 Å². The van der Waals surface area contributed by atoms with E-state index in [1.165, 1.54) is 32.7 Å². The summed E-state index contributed by atoms with van der Waals surface area (Å²) in [6, 6.07) is 13.0. The largest absolute Gasteiger partial charge is 0.495 e. The van der Waals surface area contributed by atoms with Gasteiger partial charge in [-0.15, -0.1) is 11.3 Å². The van der Waals surface area contributed by atoms with E-state index in [0.29, 0.717) is 32.8 Å². The van der Waals surface area contributed by atoms with Gasteiger partial charge >= 0.3 is 5.97 Å². The zero-order valence-corrected chi connectivity index (χ0v) is 19.8. The van der Waals surface area contributed by atoms with E-state index in [-0.39, 0.29) is 5.11 Å². The molecule has 0 aliphatic carbocycles. The molecule has 1 heterocycles. The Morgan fingerprint density at radius 3 is 2.32 bits per heavy atom. The molecule has 0 radical (unpaired) electrons. The van der Waals surface area contributed by atoms with Gasteiger partial charge in [-0.3, -0.25) is 0 Å². The quantitative estimate of drug-likeness (QED) is 0.334. The Hall–Kier alpha value is -2.81. The Morgan fingerprint density at radius 2 is 1.71 bits per heavy atom. The second-order valence-corrected chi connectivity index (χ2v) is 8.40. The van der Waals surface area contributed by atoms with Crippen molar-refractivity contribution in [2.24, 2.45) is 0 Å². The molecule has 6 nitrogen and oxygen atoms in total. The number of ether oxygens (including phenoxy) is 3. The fourth-order valence-electron chi connectivity index (χ4n) is 3.10. The van der Waals surface area contributed by atoms with Crippen molar-refractivity contribution in [3.63, 3.8) is 0 Å². The van der Waals surface area contributed by atoms with E-state index in [2.05, 4.69) is 10.6 Å². The zero-order chi connectivity index (χ0) is 22.5. The molecule has 0 aliphatic rings. The Balaban J connectivity index is 1.95. The lowest BCUT2D eigenvalue weighted by Gasteiger charge is -2.15. The van der Waals surface area contributed by atoms with E-state index in [1.54, 1.807) is 12.1 Å². The molecule has 2 aromatic carbocycles.